The summed E-state index contributed by atoms with van der Waals surface area (Å²) in [5.74, 6) is 0.500. The predicted octanol–water partition coefficient (Wildman–Crippen LogP) is -0.0869. The van der Waals surface area contributed by atoms with Crippen LogP contribution in [0.25, 0.3) is 0 Å². The Labute approximate surface area is 34.3 Å². The van der Waals surface area contributed by atoms with E-state index in [1.165, 1.54) is 0 Å². The molecule has 2 nitrogen and oxygen atoms in total. The van der Waals surface area contributed by atoms with Crippen LogP contribution in [-0.2, 0) is 10.7 Å². The smallest absolute Gasteiger partial charge is 0.0496 e. The summed E-state index contributed by atoms with van der Waals surface area (Å²) in [6.45, 7) is 0. The van der Waals surface area contributed by atoms with Crippen LogP contribution >= 0.6 is 0 Å². The van der Waals surface area contributed by atoms with Gasteiger partial charge in [0.15, 0.2) is 0 Å². The number of rotatable bonds is 1. The van der Waals surface area contributed by atoms with E-state index in [0.717, 1.165) is 0 Å². The summed E-state index contributed by atoms with van der Waals surface area (Å²) in [7, 11) is -0.295. The zero-order valence-corrected chi connectivity index (χ0v) is 4.01. The first-order chi connectivity index (χ1) is 2.27. The molecule has 0 saturated carbocycles. The molecule has 0 aromatic rings. The molecule has 0 aliphatic rings. The Hall–Kier alpha value is 0.110. The Morgan fingerprint density at radius 2 is 2.20 bits per heavy atom. The second-order valence-electron chi connectivity index (χ2n) is 0.804. The van der Waals surface area contributed by atoms with Gasteiger partial charge < -0.3 is 5.73 Å². The van der Waals surface area contributed by atoms with Crippen LogP contribution in [0.5, 0.6) is 0 Å². The van der Waals surface area contributed by atoms with E-state index in [1.54, 1.807) is 6.26 Å². The van der Waals surface area contributed by atoms with Crippen LogP contribution in [0.4, 0.5) is 0 Å². The average molecular weight is 92.2 g/mol. The maximum atomic E-state index is 6.73. The summed E-state index contributed by atoms with van der Waals surface area (Å²) in [5.41, 5.74) is 5.00. The molecule has 0 aliphatic carbocycles. The molecule has 0 aromatic carbocycles. The molecule has 0 aliphatic heterocycles. The molecule has 0 spiro atoms. The predicted molar refractivity (Wildman–Crippen MR) is 25.1 cm³/mol. The molecule has 0 heterocycles. The third kappa shape index (κ3) is 4.11. The van der Waals surface area contributed by atoms with Crippen LogP contribution in [0.1, 0.15) is 0 Å². The fourth-order valence-corrected chi connectivity index (χ4v) is 0. The van der Waals surface area contributed by atoms with Gasteiger partial charge >= 0.3 is 0 Å². The largest absolute Gasteiger partial charge is 0.321 e. The molecule has 0 fully saturated rings. The van der Waals surface area contributed by atoms with Gasteiger partial charge in [0.05, 0.1) is 0 Å². The Kier molecular flexibility index (Phi) is 2.41. The highest BCUT2D eigenvalue weighted by atomic mass is 32.2. The molecule has 3 N–H and O–H groups in total. The summed E-state index contributed by atoms with van der Waals surface area (Å²) < 4.78 is 6.73. The fraction of sp³-hybridized carbons (Fsp3) is 1.00. The summed E-state index contributed by atoms with van der Waals surface area (Å²) >= 11 is 0. The normalized spacial score (nSPS) is 14.8. The Bertz CT molecular complexity index is 42.9. The highest BCUT2D eigenvalue weighted by Crippen LogP contribution is 1.59. The van der Waals surface area contributed by atoms with Gasteiger partial charge in [-0.25, -0.2) is 0 Å². The van der Waals surface area contributed by atoms with Gasteiger partial charge in [0.1, 0.15) is 0 Å². The van der Waals surface area contributed by atoms with Crippen LogP contribution in [0.2, 0.25) is 0 Å². The lowest BCUT2D eigenvalue weighted by Gasteiger charge is -1.81. The highest BCUT2D eigenvalue weighted by molar-refractivity contribution is 7.85. The number of hydrogen-bond acceptors (Lipinski definition) is 2. The molecule has 0 radical (unpaired) electrons. The number of nitrogens with two attached hydrogens (primary N) is 1. The van der Waals surface area contributed by atoms with Crippen molar-refractivity contribution < 1.29 is 0 Å². The molecular weight excluding hydrogens is 84.1 g/mol. The Morgan fingerprint density at radius 1 is 2.00 bits per heavy atom. The van der Waals surface area contributed by atoms with E-state index >= 15 is 0 Å². The maximum absolute atomic E-state index is 6.73. The van der Waals surface area contributed by atoms with Gasteiger partial charge in [-0.05, 0) is 6.26 Å². The van der Waals surface area contributed by atoms with E-state index in [0.29, 0.717) is 5.88 Å². The van der Waals surface area contributed by atoms with Crippen molar-refractivity contribution in [2.45, 2.75) is 0 Å². The van der Waals surface area contributed by atoms with E-state index in [1.807, 2.05) is 0 Å². The van der Waals surface area contributed by atoms with Crippen molar-refractivity contribution in [3.63, 3.8) is 0 Å². The van der Waals surface area contributed by atoms with E-state index < -0.39 is 0 Å². The van der Waals surface area contributed by atoms with Gasteiger partial charge in [-0.15, -0.1) is 0 Å². The molecular formula is C2H8N2S. The standard InChI is InChI=1S/C2H8N2S/c1-5(4)2-3/h4H,2-3H2,1H3. The molecule has 0 rings (SSSR count). The molecule has 32 valence electrons. The molecule has 0 bridgehead atoms. The third-order valence-corrected chi connectivity index (χ3v) is 0.750. The Morgan fingerprint density at radius 3 is 2.20 bits per heavy atom. The molecule has 3 heteroatoms. The van der Waals surface area contributed by atoms with Gasteiger partial charge in [0, 0.05) is 5.88 Å². The summed E-state index contributed by atoms with van der Waals surface area (Å²) in [5, 5.41) is 0. The molecule has 0 saturated heterocycles. The highest BCUT2D eigenvalue weighted by Gasteiger charge is 1.67. The average Bonchev–Trinajstić information content (AvgIpc) is 1.38. The van der Waals surface area contributed by atoms with Crippen molar-refractivity contribution in [1.29, 1.82) is 4.78 Å². The molecule has 5 heavy (non-hydrogen) atoms. The molecule has 0 amide bonds. The zero-order valence-electron chi connectivity index (χ0n) is 3.19. The quantitative estimate of drug-likeness (QED) is 0.466. The van der Waals surface area contributed by atoms with Crippen LogP contribution in [-0.4, -0.2) is 12.1 Å². The lowest BCUT2D eigenvalue weighted by molar-refractivity contribution is 1.37. The van der Waals surface area contributed by atoms with Crippen molar-refractivity contribution in [1.82, 2.24) is 0 Å². The lowest BCUT2D eigenvalue weighted by atomic mass is 11.5. The summed E-state index contributed by atoms with van der Waals surface area (Å²) in [6.07, 6.45) is 1.79. The minimum absolute atomic E-state index is 0.295. The van der Waals surface area contributed by atoms with Gasteiger partial charge in [-0.1, -0.05) is 10.7 Å². The van der Waals surface area contributed by atoms with Gasteiger partial charge in [0.2, 0.25) is 0 Å². The van der Waals surface area contributed by atoms with E-state index in [9.17, 15) is 0 Å². The second kappa shape index (κ2) is 2.35. The lowest BCUT2D eigenvalue weighted by Crippen LogP contribution is -2.02. The van der Waals surface area contributed by atoms with Gasteiger partial charge in [-0.3, -0.25) is 4.78 Å². The first kappa shape index (κ1) is 5.11. The van der Waals surface area contributed by atoms with E-state index in [4.69, 9.17) is 10.5 Å². The van der Waals surface area contributed by atoms with Crippen molar-refractivity contribution in [3.05, 3.63) is 0 Å². The first-order valence-electron chi connectivity index (χ1n) is 1.31. The number of nitrogens with one attached hydrogen (secondary N) is 1. The van der Waals surface area contributed by atoms with Crippen LogP contribution in [0.15, 0.2) is 0 Å². The molecule has 1 unspecified atom stereocenters. The maximum Gasteiger partial charge on any atom is 0.0496 e. The van der Waals surface area contributed by atoms with Gasteiger partial charge in [-0.2, -0.15) is 0 Å². The first-order valence-corrected chi connectivity index (χ1v) is 3.11. The molecule has 0 aromatic heterocycles. The fourth-order valence-electron chi connectivity index (χ4n) is 0. The minimum Gasteiger partial charge on any atom is -0.321 e. The third-order valence-electron chi connectivity index (χ3n) is 0.250. The van der Waals surface area contributed by atoms with Crippen molar-refractivity contribution in [2.75, 3.05) is 12.1 Å². The SMILES string of the molecule is CS(=N)CN. The molecule has 1 atom stereocenters. The van der Waals surface area contributed by atoms with Crippen molar-refractivity contribution >= 4 is 10.7 Å². The monoisotopic (exact) mass is 92.0 g/mol. The topological polar surface area (TPSA) is 49.9 Å². The van der Waals surface area contributed by atoms with E-state index in [-0.39, 0.29) is 10.7 Å². The van der Waals surface area contributed by atoms with Crippen molar-refractivity contribution in [3.8, 4) is 0 Å². The van der Waals surface area contributed by atoms with Crippen LogP contribution in [0, 0.1) is 4.78 Å². The van der Waals surface area contributed by atoms with Crippen LogP contribution < -0.4 is 5.73 Å². The van der Waals surface area contributed by atoms with Crippen molar-refractivity contribution in [2.24, 2.45) is 5.73 Å². The van der Waals surface area contributed by atoms with E-state index in [2.05, 4.69) is 0 Å². The summed E-state index contributed by atoms with van der Waals surface area (Å²) in [4.78, 5) is 0. The number of hydrogen-bond donors (Lipinski definition) is 2. The minimum atomic E-state index is -0.295. The van der Waals surface area contributed by atoms with Crippen LogP contribution in [0.3, 0.4) is 0 Å². The zero-order chi connectivity index (χ0) is 4.28. The summed E-state index contributed by atoms with van der Waals surface area (Å²) in [6, 6.07) is 0. The Balaban J connectivity index is 2.85. The second-order valence-corrected chi connectivity index (χ2v) is 2.41. The van der Waals surface area contributed by atoms with Gasteiger partial charge in [0.25, 0.3) is 0 Å².